The van der Waals surface area contributed by atoms with Crippen molar-refractivity contribution in [1.82, 2.24) is 5.32 Å². The Labute approximate surface area is 125 Å². The van der Waals surface area contributed by atoms with Gasteiger partial charge in [0.15, 0.2) is 0 Å². The van der Waals surface area contributed by atoms with Gasteiger partial charge in [0.2, 0.25) is 0 Å². The highest BCUT2D eigenvalue weighted by Gasteiger charge is 2.29. The van der Waals surface area contributed by atoms with Gasteiger partial charge in [-0.25, -0.2) is 0 Å². The van der Waals surface area contributed by atoms with Gasteiger partial charge in [0.25, 0.3) is 0 Å². The summed E-state index contributed by atoms with van der Waals surface area (Å²) in [6, 6.07) is 2.84. The Hall–Kier alpha value is 0.840. The van der Waals surface area contributed by atoms with E-state index < -0.39 is 0 Å². The van der Waals surface area contributed by atoms with Crippen LogP contribution in [0.5, 0.6) is 0 Å². The second-order valence-corrected chi connectivity index (χ2v) is 8.92. The number of likely N-dealkylation sites (N-methyl/N-ethyl adjacent to an activating group) is 1. The standard InChI is InChI=1S/C12H18BrNS3/c1-8-12(16-4-3-15-8)11(14-2)6-10-5-9(13)7-17-10/h5,7-8,11-12,14H,3-4,6H2,1-2H3. The fourth-order valence-electron chi connectivity index (χ4n) is 2.15. The minimum atomic E-state index is 0.591. The maximum absolute atomic E-state index is 3.53. The monoisotopic (exact) mass is 351 g/mol. The van der Waals surface area contributed by atoms with Crippen LogP contribution in [0.2, 0.25) is 0 Å². The van der Waals surface area contributed by atoms with Gasteiger partial charge in [-0.15, -0.1) is 11.3 Å². The molecule has 1 aliphatic rings. The number of thiophene rings is 1. The van der Waals surface area contributed by atoms with Crippen LogP contribution < -0.4 is 5.32 Å². The van der Waals surface area contributed by atoms with Crippen molar-refractivity contribution in [2.45, 2.75) is 29.9 Å². The number of hydrogen-bond donors (Lipinski definition) is 1. The first-order valence-corrected chi connectivity index (χ1v) is 9.61. The highest BCUT2D eigenvalue weighted by Crippen LogP contribution is 2.34. The molecule has 3 atom stereocenters. The van der Waals surface area contributed by atoms with Gasteiger partial charge in [0.1, 0.15) is 0 Å². The Bertz CT molecular complexity index is 355. The highest BCUT2D eigenvalue weighted by atomic mass is 79.9. The van der Waals surface area contributed by atoms with Gasteiger partial charge in [0, 0.05) is 42.8 Å². The van der Waals surface area contributed by atoms with E-state index in [4.69, 9.17) is 0 Å². The SMILES string of the molecule is CNC(Cc1cc(Br)cs1)C1SCCSC1C. The molecule has 1 N–H and O–H groups in total. The number of nitrogens with one attached hydrogen (secondary N) is 1. The Morgan fingerprint density at radius 2 is 2.24 bits per heavy atom. The van der Waals surface area contributed by atoms with Crippen LogP contribution in [0.4, 0.5) is 0 Å². The predicted molar refractivity (Wildman–Crippen MR) is 86.7 cm³/mol. The second-order valence-electron chi connectivity index (χ2n) is 4.24. The van der Waals surface area contributed by atoms with E-state index in [0.717, 1.165) is 16.9 Å². The lowest BCUT2D eigenvalue weighted by Crippen LogP contribution is -2.44. The van der Waals surface area contributed by atoms with Crippen molar-refractivity contribution in [3.05, 3.63) is 20.8 Å². The molecule has 0 bridgehead atoms. The third-order valence-electron chi connectivity index (χ3n) is 3.05. The molecule has 0 aromatic carbocycles. The molecule has 1 fully saturated rings. The lowest BCUT2D eigenvalue weighted by Gasteiger charge is -2.34. The Morgan fingerprint density at radius 3 is 2.82 bits per heavy atom. The summed E-state index contributed by atoms with van der Waals surface area (Å²) in [5, 5.41) is 7.19. The molecule has 17 heavy (non-hydrogen) atoms. The lowest BCUT2D eigenvalue weighted by atomic mass is 10.1. The average molecular weight is 352 g/mol. The molecule has 1 aromatic rings. The molecule has 1 aliphatic heterocycles. The Kier molecular flexibility index (Phi) is 5.74. The van der Waals surface area contributed by atoms with Gasteiger partial charge in [0.05, 0.1) is 0 Å². The van der Waals surface area contributed by atoms with Crippen LogP contribution in [0.1, 0.15) is 11.8 Å². The lowest BCUT2D eigenvalue weighted by molar-refractivity contribution is 0.534. The number of thioether (sulfide) groups is 2. The van der Waals surface area contributed by atoms with Crippen LogP contribution >= 0.6 is 50.8 Å². The molecule has 96 valence electrons. The van der Waals surface area contributed by atoms with Gasteiger partial charge < -0.3 is 5.32 Å². The van der Waals surface area contributed by atoms with Gasteiger partial charge >= 0.3 is 0 Å². The zero-order valence-electron chi connectivity index (χ0n) is 10.1. The van der Waals surface area contributed by atoms with E-state index in [1.165, 1.54) is 20.9 Å². The van der Waals surface area contributed by atoms with E-state index >= 15 is 0 Å². The third kappa shape index (κ3) is 3.90. The van der Waals surface area contributed by atoms with Gasteiger partial charge in [-0.05, 0) is 35.5 Å². The molecule has 1 aromatic heterocycles. The van der Waals surface area contributed by atoms with Gasteiger partial charge in [-0.3, -0.25) is 0 Å². The van der Waals surface area contributed by atoms with Crippen molar-refractivity contribution in [3.8, 4) is 0 Å². The number of hydrogen-bond acceptors (Lipinski definition) is 4. The number of rotatable bonds is 4. The molecule has 0 saturated carbocycles. The van der Waals surface area contributed by atoms with Gasteiger partial charge in [-0.1, -0.05) is 6.92 Å². The van der Waals surface area contributed by atoms with Crippen LogP contribution in [0.3, 0.4) is 0 Å². The summed E-state index contributed by atoms with van der Waals surface area (Å²) in [6.45, 7) is 2.37. The molecule has 2 rings (SSSR count). The van der Waals surface area contributed by atoms with Crippen LogP contribution in [-0.2, 0) is 6.42 Å². The zero-order chi connectivity index (χ0) is 12.3. The molecule has 0 spiro atoms. The van der Waals surface area contributed by atoms with Gasteiger partial charge in [-0.2, -0.15) is 23.5 Å². The summed E-state index contributed by atoms with van der Waals surface area (Å²) in [5.41, 5.74) is 0. The van der Waals surface area contributed by atoms with Crippen molar-refractivity contribution in [3.63, 3.8) is 0 Å². The summed E-state index contributed by atoms with van der Waals surface area (Å²) >= 11 is 9.65. The van der Waals surface area contributed by atoms with E-state index in [1.807, 2.05) is 11.3 Å². The smallest absolute Gasteiger partial charge is 0.0321 e. The zero-order valence-corrected chi connectivity index (χ0v) is 14.1. The van der Waals surface area contributed by atoms with Crippen LogP contribution in [0.25, 0.3) is 0 Å². The van der Waals surface area contributed by atoms with Crippen molar-refractivity contribution in [2.75, 3.05) is 18.6 Å². The fourth-order valence-corrected chi connectivity index (χ4v) is 6.66. The topological polar surface area (TPSA) is 12.0 Å². The molecule has 3 unspecified atom stereocenters. The molecular weight excluding hydrogens is 334 g/mol. The maximum atomic E-state index is 3.53. The van der Waals surface area contributed by atoms with E-state index in [9.17, 15) is 0 Å². The first-order valence-electron chi connectivity index (χ1n) is 5.84. The predicted octanol–water partition coefficient (Wildman–Crippen LogP) is 3.88. The van der Waals surface area contributed by atoms with Crippen molar-refractivity contribution < 1.29 is 0 Å². The van der Waals surface area contributed by atoms with Crippen molar-refractivity contribution in [1.29, 1.82) is 0 Å². The minimum absolute atomic E-state index is 0.591. The first-order chi connectivity index (χ1) is 8.20. The number of halogens is 1. The van der Waals surface area contributed by atoms with E-state index in [1.54, 1.807) is 0 Å². The Balaban J connectivity index is 2.00. The van der Waals surface area contributed by atoms with E-state index in [2.05, 4.69) is 70.2 Å². The fraction of sp³-hybridized carbons (Fsp3) is 0.667. The molecule has 0 amide bonds. The molecule has 1 saturated heterocycles. The minimum Gasteiger partial charge on any atom is -0.315 e. The molecule has 0 aliphatic carbocycles. The van der Waals surface area contributed by atoms with E-state index in [-0.39, 0.29) is 0 Å². The molecule has 1 nitrogen and oxygen atoms in total. The Morgan fingerprint density at radius 1 is 1.47 bits per heavy atom. The van der Waals surface area contributed by atoms with Crippen molar-refractivity contribution in [2.24, 2.45) is 0 Å². The normalized spacial score (nSPS) is 27.0. The molecule has 5 heteroatoms. The largest absolute Gasteiger partial charge is 0.315 e. The third-order valence-corrected chi connectivity index (χ3v) is 8.02. The quantitative estimate of drug-likeness (QED) is 0.883. The summed E-state index contributed by atoms with van der Waals surface area (Å²) < 4.78 is 1.21. The molecular formula is C12H18BrNS3. The van der Waals surface area contributed by atoms with E-state index in [0.29, 0.717) is 6.04 Å². The summed E-state index contributed by atoms with van der Waals surface area (Å²) in [4.78, 5) is 1.47. The summed E-state index contributed by atoms with van der Waals surface area (Å²) in [7, 11) is 2.10. The maximum Gasteiger partial charge on any atom is 0.0321 e. The average Bonchev–Trinajstić information content (AvgIpc) is 2.73. The molecule has 0 radical (unpaired) electrons. The van der Waals surface area contributed by atoms with Crippen LogP contribution in [0, 0.1) is 0 Å². The highest BCUT2D eigenvalue weighted by molar-refractivity contribution is 9.10. The van der Waals surface area contributed by atoms with Crippen molar-refractivity contribution >= 4 is 50.8 Å². The summed E-state index contributed by atoms with van der Waals surface area (Å²) in [5.74, 6) is 2.61. The first kappa shape index (κ1) is 14.3. The van der Waals surface area contributed by atoms with Crippen LogP contribution in [0.15, 0.2) is 15.9 Å². The second kappa shape index (κ2) is 6.85. The van der Waals surface area contributed by atoms with Crippen LogP contribution in [-0.4, -0.2) is 35.1 Å². The summed E-state index contributed by atoms with van der Waals surface area (Å²) in [6.07, 6.45) is 1.15. The molecule has 2 heterocycles.